The average Bonchev–Trinajstić information content (AvgIpc) is 3.59. The fourth-order valence-corrected chi connectivity index (χ4v) is 5.00. The molecule has 0 unspecified atom stereocenters. The lowest BCUT2D eigenvalue weighted by Crippen LogP contribution is -2.39. The summed E-state index contributed by atoms with van der Waals surface area (Å²) in [6.07, 6.45) is 2.36. The van der Waals surface area contributed by atoms with E-state index in [9.17, 15) is 13.2 Å². The lowest BCUT2D eigenvalue weighted by atomic mass is 10.00. The van der Waals surface area contributed by atoms with E-state index < -0.39 is 21.3 Å². The summed E-state index contributed by atoms with van der Waals surface area (Å²) in [6.45, 7) is 8.29. The predicted molar refractivity (Wildman–Crippen MR) is 128 cm³/mol. The number of sulfonamides is 1. The van der Waals surface area contributed by atoms with Gasteiger partial charge in [0.1, 0.15) is 11.4 Å². The van der Waals surface area contributed by atoms with Gasteiger partial charge in [-0.3, -0.25) is 9.78 Å². The lowest BCUT2D eigenvalue weighted by molar-refractivity contribution is -0.121. The highest BCUT2D eigenvalue weighted by Gasteiger charge is 2.55. The third kappa shape index (κ3) is 4.84. The van der Waals surface area contributed by atoms with Crippen LogP contribution in [0.25, 0.3) is 10.9 Å². The number of aromatic nitrogens is 2. The molecule has 2 aromatic heterocycles. The van der Waals surface area contributed by atoms with Gasteiger partial charge in [-0.1, -0.05) is 19.9 Å². The number of carbonyl (C=O) groups excluding carboxylic acids is 1. The van der Waals surface area contributed by atoms with Crippen molar-refractivity contribution in [2.24, 2.45) is 5.92 Å². The van der Waals surface area contributed by atoms with Crippen molar-refractivity contribution in [3.05, 3.63) is 54.4 Å². The molecule has 1 aliphatic rings. The third-order valence-electron chi connectivity index (χ3n) is 5.52. The first-order valence-electron chi connectivity index (χ1n) is 11.3. The van der Waals surface area contributed by atoms with Crippen LogP contribution in [0, 0.1) is 5.92 Å². The van der Waals surface area contributed by atoms with Crippen molar-refractivity contribution in [1.29, 1.82) is 0 Å². The number of rotatable bonds is 9. The highest BCUT2D eigenvalue weighted by atomic mass is 32.2. The molecule has 2 heterocycles. The summed E-state index contributed by atoms with van der Waals surface area (Å²) < 4.78 is 40.4. The molecule has 0 radical (unpaired) electrons. The topological polar surface area (TPSA) is 107 Å². The van der Waals surface area contributed by atoms with Crippen molar-refractivity contribution in [3.63, 3.8) is 0 Å². The van der Waals surface area contributed by atoms with E-state index in [-0.39, 0.29) is 11.0 Å². The quantitative estimate of drug-likeness (QED) is 0.490. The van der Waals surface area contributed by atoms with Crippen LogP contribution in [0.5, 0.6) is 11.6 Å². The SMILES string of the molecule is CC(C)COc1ccc(OC(C)C)c(C2(C(=O)NS(=O)(=O)c3cccc4ncccc34)CC2)n1. The molecule has 34 heavy (non-hydrogen) atoms. The lowest BCUT2D eigenvalue weighted by Gasteiger charge is -2.21. The molecule has 8 nitrogen and oxygen atoms in total. The van der Waals surface area contributed by atoms with Crippen LogP contribution in [-0.2, 0) is 20.2 Å². The molecule has 1 aliphatic carbocycles. The first-order chi connectivity index (χ1) is 16.1. The van der Waals surface area contributed by atoms with Crippen molar-refractivity contribution in [2.75, 3.05) is 6.61 Å². The van der Waals surface area contributed by atoms with Gasteiger partial charge in [0, 0.05) is 17.6 Å². The number of pyridine rings is 2. The number of ether oxygens (including phenoxy) is 2. The van der Waals surface area contributed by atoms with Gasteiger partial charge in [-0.2, -0.15) is 0 Å². The molecule has 0 bridgehead atoms. The van der Waals surface area contributed by atoms with E-state index in [1.165, 1.54) is 6.07 Å². The first-order valence-corrected chi connectivity index (χ1v) is 12.8. The number of hydrogen-bond acceptors (Lipinski definition) is 7. The Hall–Kier alpha value is -3.20. The predicted octanol–water partition coefficient (Wildman–Crippen LogP) is 3.99. The summed E-state index contributed by atoms with van der Waals surface area (Å²) in [5, 5.41) is 0.446. The molecule has 1 amide bonds. The Bertz CT molecular complexity index is 1310. The fourth-order valence-electron chi connectivity index (χ4n) is 3.73. The molecular weight excluding hydrogens is 454 g/mol. The maximum atomic E-state index is 13.4. The molecule has 0 atom stereocenters. The van der Waals surface area contributed by atoms with Gasteiger partial charge in [0.25, 0.3) is 10.0 Å². The summed E-state index contributed by atoms with van der Waals surface area (Å²) in [5.74, 6) is 0.499. The summed E-state index contributed by atoms with van der Waals surface area (Å²) >= 11 is 0. The van der Waals surface area contributed by atoms with Crippen LogP contribution >= 0.6 is 0 Å². The van der Waals surface area contributed by atoms with Crippen molar-refractivity contribution in [3.8, 4) is 11.6 Å². The van der Waals surface area contributed by atoms with E-state index in [2.05, 4.69) is 14.7 Å². The Morgan fingerprint density at radius 1 is 1.09 bits per heavy atom. The smallest absolute Gasteiger partial charge is 0.264 e. The molecule has 1 aromatic carbocycles. The zero-order valence-electron chi connectivity index (χ0n) is 19.7. The minimum absolute atomic E-state index is 0.00267. The van der Waals surface area contributed by atoms with E-state index >= 15 is 0 Å². The largest absolute Gasteiger partial charge is 0.489 e. The Labute approximate surface area is 199 Å². The molecule has 9 heteroatoms. The van der Waals surface area contributed by atoms with E-state index in [4.69, 9.17) is 9.47 Å². The van der Waals surface area contributed by atoms with Crippen LogP contribution < -0.4 is 14.2 Å². The zero-order valence-corrected chi connectivity index (χ0v) is 20.6. The molecule has 180 valence electrons. The van der Waals surface area contributed by atoms with Gasteiger partial charge >= 0.3 is 0 Å². The summed E-state index contributed by atoms with van der Waals surface area (Å²) in [4.78, 5) is 22.2. The Kier molecular flexibility index (Phi) is 6.49. The second-order valence-electron chi connectivity index (χ2n) is 9.21. The monoisotopic (exact) mass is 483 g/mol. The molecule has 0 spiro atoms. The average molecular weight is 484 g/mol. The van der Waals surface area contributed by atoms with Gasteiger partial charge in [0.05, 0.1) is 28.5 Å². The molecule has 1 fully saturated rings. The van der Waals surface area contributed by atoms with Crippen molar-refractivity contribution >= 4 is 26.8 Å². The highest BCUT2D eigenvalue weighted by molar-refractivity contribution is 7.90. The summed E-state index contributed by atoms with van der Waals surface area (Å²) in [7, 11) is -4.14. The number of carbonyl (C=O) groups is 1. The van der Waals surface area contributed by atoms with Crippen LogP contribution in [0.3, 0.4) is 0 Å². The molecule has 0 aliphatic heterocycles. The molecule has 0 saturated heterocycles. The fraction of sp³-hybridized carbons (Fsp3) is 0.400. The Morgan fingerprint density at radius 2 is 1.85 bits per heavy atom. The van der Waals surface area contributed by atoms with Gasteiger partial charge in [-0.15, -0.1) is 0 Å². The van der Waals surface area contributed by atoms with E-state index in [1.807, 2.05) is 27.7 Å². The molecule has 1 N–H and O–H groups in total. The van der Waals surface area contributed by atoms with Crippen LogP contribution in [0.4, 0.5) is 0 Å². The van der Waals surface area contributed by atoms with E-state index in [0.717, 1.165) is 0 Å². The highest BCUT2D eigenvalue weighted by Crippen LogP contribution is 2.51. The van der Waals surface area contributed by atoms with Crippen molar-refractivity contribution in [1.82, 2.24) is 14.7 Å². The van der Waals surface area contributed by atoms with Crippen molar-refractivity contribution < 1.29 is 22.7 Å². The minimum Gasteiger partial charge on any atom is -0.489 e. The van der Waals surface area contributed by atoms with Gasteiger partial charge in [-0.25, -0.2) is 18.1 Å². The van der Waals surface area contributed by atoms with Crippen LogP contribution in [0.2, 0.25) is 0 Å². The van der Waals surface area contributed by atoms with E-state index in [0.29, 0.717) is 53.6 Å². The third-order valence-corrected chi connectivity index (χ3v) is 6.91. The standard InChI is InChI=1S/C25H29N3O5S/c1-16(2)15-32-22-11-10-20(33-17(3)4)23(27-22)25(12-13-25)24(29)28-34(30,31)21-9-5-8-19-18(21)7-6-14-26-19/h5-11,14,16-17H,12-13,15H2,1-4H3,(H,28,29). The van der Waals surface area contributed by atoms with Gasteiger partial charge in [0.2, 0.25) is 11.8 Å². The first kappa shape index (κ1) is 23.9. The number of fused-ring (bicyclic) bond motifs is 1. The number of benzene rings is 1. The zero-order chi connectivity index (χ0) is 24.5. The second-order valence-corrected chi connectivity index (χ2v) is 10.9. The van der Waals surface area contributed by atoms with Gasteiger partial charge in [0.15, 0.2) is 0 Å². The normalized spacial score (nSPS) is 14.9. The number of amides is 1. The second kappa shape index (κ2) is 9.21. The molecule has 3 aromatic rings. The number of nitrogens with one attached hydrogen (secondary N) is 1. The van der Waals surface area contributed by atoms with Crippen molar-refractivity contribution in [2.45, 2.75) is 57.0 Å². The molecular formula is C25H29N3O5S. The maximum absolute atomic E-state index is 13.4. The molecule has 4 rings (SSSR count). The number of hydrogen-bond donors (Lipinski definition) is 1. The summed E-state index contributed by atoms with van der Waals surface area (Å²) in [6, 6.07) is 11.6. The molecule has 1 saturated carbocycles. The van der Waals surface area contributed by atoms with E-state index in [1.54, 1.807) is 42.6 Å². The van der Waals surface area contributed by atoms with Gasteiger partial charge < -0.3 is 9.47 Å². The van der Waals surface area contributed by atoms with Crippen LogP contribution in [0.1, 0.15) is 46.2 Å². The van der Waals surface area contributed by atoms with Crippen LogP contribution in [-0.4, -0.2) is 37.0 Å². The minimum atomic E-state index is -4.14. The summed E-state index contributed by atoms with van der Waals surface area (Å²) in [5.41, 5.74) is -0.171. The Morgan fingerprint density at radius 3 is 2.53 bits per heavy atom. The Balaban J connectivity index is 1.67. The van der Waals surface area contributed by atoms with Crippen LogP contribution in [0.15, 0.2) is 53.6 Å². The van der Waals surface area contributed by atoms with Gasteiger partial charge in [-0.05, 0) is 62.9 Å². The number of nitrogens with zero attached hydrogens (tertiary/aromatic N) is 2. The maximum Gasteiger partial charge on any atom is 0.264 e.